The van der Waals surface area contributed by atoms with Crippen LogP contribution in [0.15, 0.2) is 59.6 Å². The van der Waals surface area contributed by atoms with E-state index < -0.39 is 0 Å². The number of hydrogen-bond donors (Lipinski definition) is 0. The van der Waals surface area contributed by atoms with E-state index in [1.807, 2.05) is 23.1 Å². The van der Waals surface area contributed by atoms with Crippen molar-refractivity contribution < 1.29 is 4.79 Å². The molecule has 2 aromatic carbocycles. The Labute approximate surface area is 177 Å². The van der Waals surface area contributed by atoms with Gasteiger partial charge in [-0.05, 0) is 56.0 Å². The molecule has 0 atom stereocenters. The van der Waals surface area contributed by atoms with E-state index in [1.54, 1.807) is 11.8 Å². The smallest absolute Gasteiger partial charge is 0.237 e. The number of anilines is 1. The van der Waals surface area contributed by atoms with Gasteiger partial charge in [-0.25, -0.2) is 4.98 Å². The Hall–Kier alpha value is -2.33. The maximum atomic E-state index is 13.3. The van der Waals surface area contributed by atoms with Gasteiger partial charge in [0.15, 0.2) is 0 Å². The molecular formula is C25H28N2OS. The van der Waals surface area contributed by atoms with E-state index in [2.05, 4.69) is 50.2 Å². The summed E-state index contributed by atoms with van der Waals surface area (Å²) in [6.07, 6.45) is 5.88. The summed E-state index contributed by atoms with van der Waals surface area (Å²) in [5, 5.41) is 2.11. The number of hydrogen-bond acceptors (Lipinski definition) is 3. The Balaban J connectivity index is 1.55. The maximum absolute atomic E-state index is 13.3. The fourth-order valence-corrected chi connectivity index (χ4v) is 5.12. The largest absolute Gasteiger partial charge is 0.309 e. The highest BCUT2D eigenvalue weighted by Gasteiger charge is 2.26. The predicted octanol–water partition coefficient (Wildman–Crippen LogP) is 6.31. The normalized spacial score (nSPS) is 14.8. The van der Waals surface area contributed by atoms with Crippen LogP contribution in [-0.4, -0.2) is 22.7 Å². The van der Waals surface area contributed by atoms with Crippen LogP contribution >= 0.6 is 11.8 Å². The van der Waals surface area contributed by atoms with Crippen LogP contribution in [0.25, 0.3) is 10.9 Å². The van der Waals surface area contributed by atoms with Crippen LogP contribution in [0, 0.1) is 13.8 Å². The van der Waals surface area contributed by atoms with E-state index in [0.717, 1.165) is 29.1 Å². The Morgan fingerprint density at radius 2 is 1.76 bits per heavy atom. The zero-order valence-corrected chi connectivity index (χ0v) is 18.0. The van der Waals surface area contributed by atoms with Crippen molar-refractivity contribution in [2.75, 3.05) is 10.7 Å². The number of carbonyl (C=O) groups excluding carboxylic acids is 1. The fourth-order valence-electron chi connectivity index (χ4n) is 4.30. The molecule has 4 heteroatoms. The molecule has 0 radical (unpaired) electrons. The molecular weight excluding hydrogens is 376 g/mol. The van der Waals surface area contributed by atoms with Crippen LogP contribution in [0.2, 0.25) is 0 Å². The lowest BCUT2D eigenvalue weighted by molar-refractivity contribution is -0.116. The van der Waals surface area contributed by atoms with E-state index in [-0.39, 0.29) is 5.91 Å². The third-order valence-electron chi connectivity index (χ3n) is 5.81. The number of carbonyl (C=O) groups is 1. The molecule has 1 heterocycles. The molecule has 1 aromatic heterocycles. The summed E-state index contributed by atoms with van der Waals surface area (Å²) in [4.78, 5) is 20.2. The van der Waals surface area contributed by atoms with E-state index >= 15 is 0 Å². The first-order valence-corrected chi connectivity index (χ1v) is 11.5. The number of pyridine rings is 1. The first-order chi connectivity index (χ1) is 14.1. The third-order valence-corrected chi connectivity index (χ3v) is 6.71. The van der Waals surface area contributed by atoms with Crippen molar-refractivity contribution in [2.45, 2.75) is 57.0 Å². The lowest BCUT2D eigenvalue weighted by Gasteiger charge is -2.34. The zero-order valence-electron chi connectivity index (χ0n) is 17.2. The summed E-state index contributed by atoms with van der Waals surface area (Å²) in [7, 11) is 0. The maximum Gasteiger partial charge on any atom is 0.237 e. The molecule has 0 unspecified atom stereocenters. The van der Waals surface area contributed by atoms with Crippen LogP contribution in [-0.2, 0) is 4.79 Å². The van der Waals surface area contributed by atoms with Crippen LogP contribution in [0.5, 0.6) is 0 Å². The summed E-state index contributed by atoms with van der Waals surface area (Å²) >= 11 is 1.55. The number of benzene rings is 2. The van der Waals surface area contributed by atoms with Gasteiger partial charge in [0, 0.05) is 17.1 Å². The summed E-state index contributed by atoms with van der Waals surface area (Å²) in [6, 6.07) is 18.8. The van der Waals surface area contributed by atoms with Crippen molar-refractivity contribution in [2.24, 2.45) is 0 Å². The quantitative estimate of drug-likeness (QED) is 0.467. The monoisotopic (exact) mass is 404 g/mol. The average Bonchev–Trinajstić information content (AvgIpc) is 2.75. The van der Waals surface area contributed by atoms with Crippen molar-refractivity contribution in [3.05, 3.63) is 65.7 Å². The number of nitrogens with zero attached hydrogens (tertiary/aromatic N) is 2. The molecule has 0 bridgehead atoms. The molecule has 1 fully saturated rings. The molecule has 0 spiro atoms. The van der Waals surface area contributed by atoms with Gasteiger partial charge in [-0.1, -0.05) is 67.4 Å². The summed E-state index contributed by atoms with van der Waals surface area (Å²) in [5.41, 5.74) is 4.44. The molecule has 1 aliphatic carbocycles. The van der Waals surface area contributed by atoms with Gasteiger partial charge in [0.05, 0.1) is 16.3 Å². The SMILES string of the molecule is Cc1cc(SCC(=O)N(c2ccccc2)C2CCCCC2)nc2c(C)cccc12. The highest BCUT2D eigenvalue weighted by atomic mass is 32.2. The number of thioether (sulfide) groups is 1. The van der Waals surface area contributed by atoms with Gasteiger partial charge in [0.2, 0.25) is 5.91 Å². The van der Waals surface area contributed by atoms with Gasteiger partial charge < -0.3 is 4.90 Å². The first kappa shape index (κ1) is 20.0. The fraction of sp³-hybridized carbons (Fsp3) is 0.360. The predicted molar refractivity (Wildman–Crippen MR) is 123 cm³/mol. The molecule has 4 rings (SSSR count). The van der Waals surface area contributed by atoms with Gasteiger partial charge in [-0.15, -0.1) is 0 Å². The lowest BCUT2D eigenvalue weighted by Crippen LogP contribution is -2.42. The minimum atomic E-state index is 0.178. The van der Waals surface area contributed by atoms with E-state index in [0.29, 0.717) is 11.8 Å². The highest BCUT2D eigenvalue weighted by Crippen LogP contribution is 2.30. The van der Waals surface area contributed by atoms with Crippen LogP contribution in [0.3, 0.4) is 0 Å². The lowest BCUT2D eigenvalue weighted by atomic mass is 9.93. The third kappa shape index (κ3) is 4.48. The summed E-state index contributed by atoms with van der Waals surface area (Å²) < 4.78 is 0. The molecule has 0 aliphatic heterocycles. The summed E-state index contributed by atoms with van der Waals surface area (Å²) in [6.45, 7) is 4.21. The Bertz CT molecular complexity index is 996. The molecule has 0 N–H and O–H groups in total. The van der Waals surface area contributed by atoms with Crippen LogP contribution in [0.1, 0.15) is 43.2 Å². The second-order valence-corrected chi connectivity index (χ2v) is 8.92. The van der Waals surface area contributed by atoms with E-state index in [4.69, 9.17) is 4.98 Å². The van der Waals surface area contributed by atoms with Gasteiger partial charge in [-0.3, -0.25) is 4.79 Å². The Morgan fingerprint density at radius 3 is 2.52 bits per heavy atom. The number of aryl methyl sites for hydroxylation is 2. The van der Waals surface area contributed by atoms with Crippen molar-refractivity contribution in [3.8, 4) is 0 Å². The van der Waals surface area contributed by atoms with Crippen molar-refractivity contribution in [3.63, 3.8) is 0 Å². The molecule has 0 saturated heterocycles. The molecule has 3 aromatic rings. The number of fused-ring (bicyclic) bond motifs is 1. The minimum absolute atomic E-state index is 0.178. The number of para-hydroxylation sites is 2. The first-order valence-electron chi connectivity index (χ1n) is 10.5. The number of amides is 1. The van der Waals surface area contributed by atoms with Crippen molar-refractivity contribution in [1.82, 2.24) is 4.98 Å². The minimum Gasteiger partial charge on any atom is -0.309 e. The molecule has 3 nitrogen and oxygen atoms in total. The molecule has 1 amide bonds. The van der Waals surface area contributed by atoms with Crippen molar-refractivity contribution >= 4 is 34.3 Å². The van der Waals surface area contributed by atoms with Crippen molar-refractivity contribution in [1.29, 1.82) is 0 Å². The Kier molecular flexibility index (Phi) is 6.19. The Morgan fingerprint density at radius 1 is 1.00 bits per heavy atom. The highest BCUT2D eigenvalue weighted by molar-refractivity contribution is 7.99. The molecule has 1 aliphatic rings. The van der Waals surface area contributed by atoms with E-state index in [9.17, 15) is 4.79 Å². The van der Waals surface area contributed by atoms with Gasteiger partial charge in [-0.2, -0.15) is 0 Å². The number of aromatic nitrogens is 1. The average molecular weight is 405 g/mol. The standard InChI is InChI=1S/C25H28N2OS/c1-18-10-9-15-22-19(2)16-23(26-25(18)22)29-17-24(28)27(20-11-5-3-6-12-20)21-13-7-4-8-14-21/h3,5-6,9-12,15-16,21H,4,7-8,13-14,17H2,1-2H3. The van der Waals surface area contributed by atoms with Gasteiger partial charge in [0.25, 0.3) is 0 Å². The van der Waals surface area contributed by atoms with E-state index in [1.165, 1.54) is 35.8 Å². The second-order valence-electron chi connectivity index (χ2n) is 7.93. The summed E-state index contributed by atoms with van der Waals surface area (Å²) in [5.74, 6) is 0.590. The van der Waals surface area contributed by atoms with Gasteiger partial charge in [0.1, 0.15) is 0 Å². The molecule has 29 heavy (non-hydrogen) atoms. The second kappa shape index (κ2) is 9.00. The molecule has 1 saturated carbocycles. The van der Waals surface area contributed by atoms with Crippen LogP contribution < -0.4 is 4.90 Å². The van der Waals surface area contributed by atoms with Gasteiger partial charge >= 0.3 is 0 Å². The number of rotatable bonds is 5. The zero-order chi connectivity index (χ0) is 20.2. The topological polar surface area (TPSA) is 33.2 Å². The molecule has 150 valence electrons. The van der Waals surface area contributed by atoms with Crippen LogP contribution in [0.4, 0.5) is 5.69 Å².